The van der Waals surface area contributed by atoms with E-state index in [1.807, 2.05) is 37.3 Å². The molecular weight excluding hydrogens is 228 g/mol. The number of amides is 1. The molecule has 2 aromatic rings. The van der Waals surface area contributed by atoms with Crippen molar-refractivity contribution in [3.05, 3.63) is 53.9 Å². The molecule has 18 heavy (non-hydrogen) atoms. The van der Waals surface area contributed by atoms with Crippen molar-refractivity contribution >= 4 is 5.91 Å². The molecule has 0 fully saturated rings. The second-order valence-corrected chi connectivity index (χ2v) is 4.29. The van der Waals surface area contributed by atoms with Crippen molar-refractivity contribution in [2.24, 2.45) is 11.5 Å². The highest BCUT2D eigenvalue weighted by molar-refractivity contribution is 5.92. The van der Waals surface area contributed by atoms with E-state index in [0.29, 0.717) is 5.56 Å². The number of rotatable bonds is 4. The summed E-state index contributed by atoms with van der Waals surface area (Å²) in [6.45, 7) is 1.91. The first kappa shape index (κ1) is 12.3. The molecule has 0 saturated carbocycles. The van der Waals surface area contributed by atoms with Crippen LogP contribution >= 0.6 is 0 Å². The summed E-state index contributed by atoms with van der Waals surface area (Å²) in [5.74, 6) is -0.488. The summed E-state index contributed by atoms with van der Waals surface area (Å²) in [6, 6.07) is 9.57. The van der Waals surface area contributed by atoms with Crippen molar-refractivity contribution in [2.75, 3.05) is 0 Å². The van der Waals surface area contributed by atoms with Crippen LogP contribution in [0.25, 0.3) is 0 Å². The second kappa shape index (κ2) is 5.01. The Hall–Kier alpha value is -2.14. The average molecular weight is 244 g/mol. The van der Waals surface area contributed by atoms with Gasteiger partial charge in [-0.1, -0.05) is 30.3 Å². The number of nitrogens with two attached hydrogens (primary N) is 2. The average Bonchev–Trinajstić information content (AvgIpc) is 2.79. The Balaban J connectivity index is 2.39. The zero-order valence-corrected chi connectivity index (χ0v) is 10.2. The number of carbonyl (C=O) groups is 1. The van der Waals surface area contributed by atoms with E-state index in [9.17, 15) is 4.79 Å². The fourth-order valence-electron chi connectivity index (χ4n) is 1.96. The van der Waals surface area contributed by atoms with E-state index in [4.69, 9.17) is 11.5 Å². The van der Waals surface area contributed by atoms with E-state index in [1.165, 1.54) is 6.20 Å². The van der Waals surface area contributed by atoms with E-state index >= 15 is 0 Å². The van der Waals surface area contributed by atoms with E-state index in [0.717, 1.165) is 5.56 Å². The SMILES string of the molecule is CC(N)C(c1ccccc1)n1cc(C(N)=O)cn1. The van der Waals surface area contributed by atoms with Gasteiger partial charge in [-0.2, -0.15) is 5.10 Å². The van der Waals surface area contributed by atoms with Gasteiger partial charge in [0.2, 0.25) is 0 Å². The normalized spacial score (nSPS) is 14.1. The third-order valence-electron chi connectivity index (χ3n) is 2.81. The molecule has 4 N–H and O–H groups in total. The fraction of sp³-hybridized carbons (Fsp3) is 0.231. The van der Waals surface area contributed by atoms with Gasteiger partial charge >= 0.3 is 0 Å². The Kier molecular flexibility index (Phi) is 3.43. The van der Waals surface area contributed by atoms with Crippen LogP contribution in [0.5, 0.6) is 0 Å². The van der Waals surface area contributed by atoms with Gasteiger partial charge in [-0.3, -0.25) is 9.48 Å². The van der Waals surface area contributed by atoms with Crippen LogP contribution in [0.3, 0.4) is 0 Å². The van der Waals surface area contributed by atoms with Crippen LogP contribution in [-0.2, 0) is 0 Å². The van der Waals surface area contributed by atoms with Gasteiger partial charge in [-0.25, -0.2) is 0 Å². The van der Waals surface area contributed by atoms with E-state index in [2.05, 4.69) is 5.10 Å². The van der Waals surface area contributed by atoms with Crippen LogP contribution < -0.4 is 11.5 Å². The molecule has 1 heterocycles. The number of hydrogen-bond donors (Lipinski definition) is 2. The first-order chi connectivity index (χ1) is 8.59. The van der Waals surface area contributed by atoms with Gasteiger partial charge in [0.15, 0.2) is 0 Å². The molecular formula is C13H16N4O. The highest BCUT2D eigenvalue weighted by Gasteiger charge is 2.19. The molecule has 0 aliphatic heterocycles. The Labute approximate surface area is 105 Å². The van der Waals surface area contributed by atoms with Crippen LogP contribution in [0, 0.1) is 0 Å². The lowest BCUT2D eigenvalue weighted by Crippen LogP contribution is -2.30. The van der Waals surface area contributed by atoms with Crippen molar-refractivity contribution in [1.82, 2.24) is 9.78 Å². The molecule has 0 spiro atoms. The maximum atomic E-state index is 11.1. The number of carbonyl (C=O) groups excluding carboxylic acids is 1. The number of aromatic nitrogens is 2. The number of nitrogens with zero attached hydrogens (tertiary/aromatic N) is 2. The molecule has 5 nitrogen and oxygen atoms in total. The lowest BCUT2D eigenvalue weighted by atomic mass is 10.0. The van der Waals surface area contributed by atoms with Crippen LogP contribution in [-0.4, -0.2) is 21.7 Å². The Morgan fingerprint density at radius 3 is 2.50 bits per heavy atom. The monoisotopic (exact) mass is 244 g/mol. The minimum Gasteiger partial charge on any atom is -0.366 e. The molecule has 0 aliphatic rings. The van der Waals surface area contributed by atoms with E-state index < -0.39 is 5.91 Å². The summed E-state index contributed by atoms with van der Waals surface area (Å²) in [4.78, 5) is 11.1. The molecule has 0 saturated heterocycles. The third kappa shape index (κ3) is 2.41. The van der Waals surface area contributed by atoms with Gasteiger partial charge in [0.25, 0.3) is 5.91 Å². The quantitative estimate of drug-likeness (QED) is 0.838. The number of primary amides is 1. The smallest absolute Gasteiger partial charge is 0.251 e. The fourth-order valence-corrected chi connectivity index (χ4v) is 1.96. The van der Waals surface area contributed by atoms with Gasteiger partial charge in [-0.05, 0) is 12.5 Å². The first-order valence-electron chi connectivity index (χ1n) is 5.74. The Morgan fingerprint density at radius 2 is 2.00 bits per heavy atom. The van der Waals surface area contributed by atoms with Gasteiger partial charge in [0, 0.05) is 12.2 Å². The van der Waals surface area contributed by atoms with Crippen LogP contribution in [0.15, 0.2) is 42.7 Å². The van der Waals surface area contributed by atoms with Gasteiger partial charge < -0.3 is 11.5 Å². The molecule has 1 aromatic heterocycles. The molecule has 94 valence electrons. The van der Waals surface area contributed by atoms with E-state index in [-0.39, 0.29) is 12.1 Å². The maximum Gasteiger partial charge on any atom is 0.251 e. The van der Waals surface area contributed by atoms with Crippen LogP contribution in [0.1, 0.15) is 28.9 Å². The Morgan fingerprint density at radius 1 is 1.33 bits per heavy atom. The van der Waals surface area contributed by atoms with Crippen LogP contribution in [0.2, 0.25) is 0 Å². The molecule has 0 bridgehead atoms. The lowest BCUT2D eigenvalue weighted by molar-refractivity contribution is 0.1000. The van der Waals surface area contributed by atoms with Crippen molar-refractivity contribution in [2.45, 2.75) is 19.0 Å². The molecule has 2 unspecified atom stereocenters. The van der Waals surface area contributed by atoms with Crippen molar-refractivity contribution in [1.29, 1.82) is 0 Å². The first-order valence-corrected chi connectivity index (χ1v) is 5.74. The highest BCUT2D eigenvalue weighted by atomic mass is 16.1. The van der Waals surface area contributed by atoms with Gasteiger partial charge in [0.05, 0.1) is 17.8 Å². The summed E-state index contributed by atoms with van der Waals surface area (Å²) < 4.78 is 1.68. The molecule has 0 aliphatic carbocycles. The summed E-state index contributed by atoms with van der Waals surface area (Å²) >= 11 is 0. The second-order valence-electron chi connectivity index (χ2n) is 4.29. The summed E-state index contributed by atoms with van der Waals surface area (Å²) in [5.41, 5.74) is 12.7. The van der Waals surface area contributed by atoms with Gasteiger partial charge in [-0.15, -0.1) is 0 Å². The minimum atomic E-state index is -0.488. The molecule has 2 rings (SSSR count). The number of hydrogen-bond acceptors (Lipinski definition) is 3. The molecule has 5 heteroatoms. The third-order valence-corrected chi connectivity index (χ3v) is 2.81. The van der Waals surface area contributed by atoms with Crippen molar-refractivity contribution in [3.8, 4) is 0 Å². The summed E-state index contributed by atoms with van der Waals surface area (Å²) in [6.07, 6.45) is 3.09. The molecule has 1 amide bonds. The zero-order valence-electron chi connectivity index (χ0n) is 10.2. The minimum absolute atomic E-state index is 0.112. The predicted octanol–water partition coefficient (Wildman–Crippen LogP) is 0.919. The van der Waals surface area contributed by atoms with Crippen molar-refractivity contribution < 1.29 is 4.79 Å². The molecule has 0 radical (unpaired) electrons. The summed E-state index contributed by atoms with van der Waals surface area (Å²) in [5, 5.41) is 4.17. The lowest BCUT2D eigenvalue weighted by Gasteiger charge is -2.21. The molecule has 2 atom stereocenters. The zero-order chi connectivity index (χ0) is 13.1. The van der Waals surface area contributed by atoms with Crippen LogP contribution in [0.4, 0.5) is 0 Å². The topological polar surface area (TPSA) is 86.9 Å². The maximum absolute atomic E-state index is 11.1. The van der Waals surface area contributed by atoms with Gasteiger partial charge in [0.1, 0.15) is 0 Å². The largest absolute Gasteiger partial charge is 0.366 e. The standard InChI is InChI=1S/C13H16N4O/c1-9(14)12(10-5-3-2-4-6-10)17-8-11(7-16-17)13(15)18/h2-9,12H,14H2,1H3,(H2,15,18). The highest BCUT2D eigenvalue weighted by Crippen LogP contribution is 2.20. The number of benzene rings is 1. The summed E-state index contributed by atoms with van der Waals surface area (Å²) in [7, 11) is 0. The molecule has 1 aromatic carbocycles. The van der Waals surface area contributed by atoms with E-state index in [1.54, 1.807) is 10.9 Å². The Bertz CT molecular complexity index is 533. The predicted molar refractivity (Wildman–Crippen MR) is 69.0 cm³/mol. The van der Waals surface area contributed by atoms with Crippen molar-refractivity contribution in [3.63, 3.8) is 0 Å².